The molecule has 214 valence electrons. The molecular weight excluding hydrogens is 553 g/mol. The second-order valence-electron chi connectivity index (χ2n) is 12.1. The predicted molar refractivity (Wildman–Crippen MR) is 198 cm³/mol. The highest BCUT2D eigenvalue weighted by molar-refractivity contribution is 6.24. The molecule has 0 N–H and O–H groups in total. The van der Waals surface area contributed by atoms with E-state index in [2.05, 4.69) is 182 Å². The molecule has 9 aromatic rings. The highest BCUT2D eigenvalue weighted by atomic mass is 14.2. The summed E-state index contributed by atoms with van der Waals surface area (Å²) >= 11 is 0. The number of hydrogen-bond donors (Lipinski definition) is 0. The van der Waals surface area contributed by atoms with E-state index in [4.69, 9.17) is 0 Å². The molecule has 0 amide bonds. The molecule has 0 bridgehead atoms. The Labute approximate surface area is 268 Å². The molecule has 0 fully saturated rings. The van der Waals surface area contributed by atoms with Gasteiger partial charge in [0.05, 0.1) is 0 Å². The van der Waals surface area contributed by atoms with Gasteiger partial charge in [-0.05, 0) is 93.7 Å². The van der Waals surface area contributed by atoms with E-state index in [0.29, 0.717) is 0 Å². The topological polar surface area (TPSA) is 0 Å². The maximum absolute atomic E-state index is 2.31. The van der Waals surface area contributed by atoms with Crippen LogP contribution in [0.3, 0.4) is 0 Å². The van der Waals surface area contributed by atoms with Crippen LogP contribution in [0.2, 0.25) is 0 Å². The minimum atomic E-state index is 1.23. The Morgan fingerprint density at radius 3 is 1.41 bits per heavy atom. The molecular formula is C46H30. The van der Waals surface area contributed by atoms with Crippen LogP contribution in [0.25, 0.3) is 87.6 Å². The van der Waals surface area contributed by atoms with Crippen molar-refractivity contribution >= 4 is 43.1 Å². The van der Waals surface area contributed by atoms with Gasteiger partial charge in [-0.1, -0.05) is 176 Å². The monoisotopic (exact) mass is 582 g/mol. The van der Waals surface area contributed by atoms with Crippen molar-refractivity contribution in [1.29, 1.82) is 0 Å². The number of hydrogen-bond acceptors (Lipinski definition) is 0. The molecule has 0 aliphatic heterocycles. The van der Waals surface area contributed by atoms with Gasteiger partial charge >= 0.3 is 0 Å². The third kappa shape index (κ3) is 4.30. The van der Waals surface area contributed by atoms with Gasteiger partial charge in [0.2, 0.25) is 0 Å². The lowest BCUT2D eigenvalue weighted by molar-refractivity contribution is 1.63. The van der Waals surface area contributed by atoms with Crippen molar-refractivity contribution in [3.63, 3.8) is 0 Å². The Bertz CT molecular complexity index is 2490. The van der Waals surface area contributed by atoms with Crippen molar-refractivity contribution in [2.75, 3.05) is 0 Å². The molecule has 0 unspecified atom stereocenters. The Balaban J connectivity index is 1.28. The summed E-state index contributed by atoms with van der Waals surface area (Å²) in [6, 6.07) is 66.5. The van der Waals surface area contributed by atoms with Crippen molar-refractivity contribution in [2.45, 2.75) is 0 Å². The first-order valence-corrected chi connectivity index (χ1v) is 15.9. The Hall–Kier alpha value is -5.98. The van der Waals surface area contributed by atoms with Crippen LogP contribution in [0.4, 0.5) is 0 Å². The average Bonchev–Trinajstić information content (AvgIpc) is 3.13. The molecule has 0 atom stereocenters. The van der Waals surface area contributed by atoms with Gasteiger partial charge in [-0.2, -0.15) is 0 Å². The zero-order valence-electron chi connectivity index (χ0n) is 25.3. The third-order valence-corrected chi connectivity index (χ3v) is 9.45. The summed E-state index contributed by atoms with van der Waals surface area (Å²) < 4.78 is 0. The molecule has 9 aromatic carbocycles. The molecule has 0 heteroatoms. The quantitative estimate of drug-likeness (QED) is 0.181. The third-order valence-electron chi connectivity index (χ3n) is 9.45. The molecule has 0 saturated heterocycles. The van der Waals surface area contributed by atoms with Crippen molar-refractivity contribution in [2.24, 2.45) is 0 Å². The van der Waals surface area contributed by atoms with Crippen molar-refractivity contribution in [3.05, 3.63) is 182 Å². The average molecular weight is 583 g/mol. The Morgan fingerprint density at radius 1 is 0.239 bits per heavy atom. The van der Waals surface area contributed by atoms with Crippen LogP contribution in [0.1, 0.15) is 0 Å². The summed E-state index contributed by atoms with van der Waals surface area (Å²) in [5.41, 5.74) is 10.0. The lowest BCUT2D eigenvalue weighted by atomic mass is 9.83. The SMILES string of the molecule is c1ccc(-c2cccc3cccc(-c4c5ccccc5c(-c5ccc(-c6ccc7ccccc7c6)cc5)c5ccccc45)c23)cc1. The lowest BCUT2D eigenvalue weighted by Crippen LogP contribution is -1.92. The fraction of sp³-hybridized carbons (Fsp3) is 0. The molecule has 9 rings (SSSR count). The highest BCUT2D eigenvalue weighted by Crippen LogP contribution is 2.47. The Morgan fingerprint density at radius 2 is 0.739 bits per heavy atom. The van der Waals surface area contributed by atoms with E-state index in [-0.39, 0.29) is 0 Å². The van der Waals surface area contributed by atoms with Gasteiger partial charge in [-0.25, -0.2) is 0 Å². The van der Waals surface area contributed by atoms with E-state index in [0.717, 1.165) is 0 Å². The Kier molecular flexibility index (Phi) is 6.25. The van der Waals surface area contributed by atoms with Crippen molar-refractivity contribution < 1.29 is 0 Å². The minimum absolute atomic E-state index is 1.23. The van der Waals surface area contributed by atoms with Crippen LogP contribution in [0.15, 0.2) is 182 Å². The van der Waals surface area contributed by atoms with E-state index in [9.17, 15) is 0 Å². The number of rotatable bonds is 4. The maximum atomic E-state index is 2.31. The molecule has 0 aliphatic rings. The zero-order valence-corrected chi connectivity index (χ0v) is 25.3. The predicted octanol–water partition coefficient (Wildman–Crippen LogP) is 13.0. The minimum Gasteiger partial charge on any atom is -0.0622 e. The maximum Gasteiger partial charge on any atom is -0.00199 e. The summed E-state index contributed by atoms with van der Waals surface area (Å²) in [7, 11) is 0. The van der Waals surface area contributed by atoms with Crippen molar-refractivity contribution in [3.8, 4) is 44.5 Å². The molecule has 0 aliphatic carbocycles. The summed E-state index contributed by atoms with van der Waals surface area (Å²) in [5, 5.41) is 10.1. The molecule has 0 nitrogen and oxygen atoms in total. The molecule has 46 heavy (non-hydrogen) atoms. The van der Waals surface area contributed by atoms with Gasteiger partial charge in [0, 0.05) is 0 Å². The second-order valence-corrected chi connectivity index (χ2v) is 12.1. The standard InChI is InChI=1S/C46H30/c1-2-13-33(14-3-1)38-22-10-16-34-17-11-23-43(44(34)38)46-41-20-8-6-18-39(41)45(40-19-7-9-21-42(40)46)35-27-24-32(25-28-35)37-29-26-31-12-4-5-15-36(31)30-37/h1-30H. The molecule has 0 heterocycles. The number of benzene rings is 9. The van der Waals surface area contributed by atoms with Crippen LogP contribution >= 0.6 is 0 Å². The molecule has 0 spiro atoms. The van der Waals surface area contributed by atoms with E-state index >= 15 is 0 Å². The van der Waals surface area contributed by atoms with Gasteiger partial charge in [0.25, 0.3) is 0 Å². The van der Waals surface area contributed by atoms with Gasteiger partial charge in [-0.3, -0.25) is 0 Å². The van der Waals surface area contributed by atoms with E-state index in [1.54, 1.807) is 0 Å². The molecule has 0 radical (unpaired) electrons. The summed E-state index contributed by atoms with van der Waals surface area (Å²) in [6.07, 6.45) is 0. The number of fused-ring (bicyclic) bond motifs is 4. The summed E-state index contributed by atoms with van der Waals surface area (Å²) in [4.78, 5) is 0. The fourth-order valence-electron chi connectivity index (χ4n) is 7.34. The van der Waals surface area contributed by atoms with E-state index in [1.807, 2.05) is 0 Å². The first-order valence-electron chi connectivity index (χ1n) is 15.9. The van der Waals surface area contributed by atoms with Gasteiger partial charge in [-0.15, -0.1) is 0 Å². The molecule has 0 saturated carbocycles. The normalized spacial score (nSPS) is 11.5. The van der Waals surface area contributed by atoms with E-state index < -0.39 is 0 Å². The fourth-order valence-corrected chi connectivity index (χ4v) is 7.34. The van der Waals surface area contributed by atoms with Gasteiger partial charge < -0.3 is 0 Å². The largest absolute Gasteiger partial charge is 0.0622 e. The van der Waals surface area contributed by atoms with Gasteiger partial charge in [0.1, 0.15) is 0 Å². The first-order chi connectivity index (χ1) is 22.8. The van der Waals surface area contributed by atoms with Crippen LogP contribution in [-0.2, 0) is 0 Å². The smallest absolute Gasteiger partial charge is 0.00199 e. The highest BCUT2D eigenvalue weighted by Gasteiger charge is 2.19. The van der Waals surface area contributed by atoms with Crippen LogP contribution in [0, 0.1) is 0 Å². The second kappa shape index (κ2) is 10.9. The summed E-state index contributed by atoms with van der Waals surface area (Å²) in [6.45, 7) is 0. The molecule has 0 aromatic heterocycles. The summed E-state index contributed by atoms with van der Waals surface area (Å²) in [5.74, 6) is 0. The zero-order chi connectivity index (χ0) is 30.5. The van der Waals surface area contributed by atoms with Gasteiger partial charge in [0.15, 0.2) is 0 Å². The van der Waals surface area contributed by atoms with Crippen LogP contribution < -0.4 is 0 Å². The van der Waals surface area contributed by atoms with Crippen molar-refractivity contribution in [1.82, 2.24) is 0 Å². The first kappa shape index (κ1) is 26.4. The lowest BCUT2D eigenvalue weighted by Gasteiger charge is -2.20. The van der Waals surface area contributed by atoms with Crippen LogP contribution in [0.5, 0.6) is 0 Å². The van der Waals surface area contributed by atoms with Crippen LogP contribution in [-0.4, -0.2) is 0 Å². The van der Waals surface area contributed by atoms with E-state index in [1.165, 1.54) is 87.6 Å².